The highest BCUT2D eigenvalue weighted by atomic mass is 32.2. The Morgan fingerprint density at radius 1 is 1.27 bits per heavy atom. The van der Waals surface area contributed by atoms with Gasteiger partial charge in [0.1, 0.15) is 0 Å². The maximum absolute atomic E-state index is 12.2. The lowest BCUT2D eigenvalue weighted by molar-refractivity contribution is 0.373. The minimum Gasteiger partial charge on any atom is -0.504 e. The van der Waals surface area contributed by atoms with E-state index in [1.807, 2.05) is 0 Å². The molecular formula is C18H17N3O4S. The molecule has 7 nitrogen and oxygen atoms in total. The number of aromatic hydroxyl groups is 1. The third-order valence-corrected chi connectivity index (χ3v) is 6.33. The fourth-order valence-corrected chi connectivity index (χ4v) is 4.83. The summed E-state index contributed by atoms with van der Waals surface area (Å²) < 4.78 is 29.5. The molecule has 0 atom stereocenters. The number of ether oxygens (including phenoxy) is 1. The molecule has 0 fully saturated rings. The highest BCUT2D eigenvalue weighted by Gasteiger charge is 2.29. The second kappa shape index (κ2) is 5.77. The maximum Gasteiger partial charge on any atom is 0.179 e. The van der Waals surface area contributed by atoms with E-state index in [0.717, 1.165) is 5.56 Å². The maximum atomic E-state index is 12.2. The van der Waals surface area contributed by atoms with E-state index in [1.54, 1.807) is 24.3 Å². The van der Waals surface area contributed by atoms with Gasteiger partial charge in [0.15, 0.2) is 21.3 Å². The van der Waals surface area contributed by atoms with E-state index in [-0.39, 0.29) is 11.5 Å². The Balaban J connectivity index is 1.91. The summed E-state index contributed by atoms with van der Waals surface area (Å²) in [5.74, 6) is 0.427. The number of sulfone groups is 1. The normalized spacial score (nSPS) is 15.0. The van der Waals surface area contributed by atoms with Crippen LogP contribution in [0.5, 0.6) is 11.5 Å². The van der Waals surface area contributed by atoms with Gasteiger partial charge in [-0.3, -0.25) is 4.98 Å². The third kappa shape index (κ3) is 2.50. The second-order valence-electron chi connectivity index (χ2n) is 6.11. The number of methoxy groups -OCH3 is 1. The number of pyridine rings is 1. The first-order valence-corrected chi connectivity index (χ1v) is 9.63. The lowest BCUT2D eigenvalue weighted by Crippen LogP contribution is -2.01. The van der Waals surface area contributed by atoms with Gasteiger partial charge in [0.05, 0.1) is 40.8 Å². The summed E-state index contributed by atoms with van der Waals surface area (Å²) in [6.07, 6.45) is 1.95. The van der Waals surface area contributed by atoms with Gasteiger partial charge in [0.25, 0.3) is 0 Å². The van der Waals surface area contributed by atoms with Crippen molar-refractivity contribution in [3.63, 3.8) is 0 Å². The van der Waals surface area contributed by atoms with Gasteiger partial charge in [-0.05, 0) is 36.2 Å². The Morgan fingerprint density at radius 3 is 2.81 bits per heavy atom. The van der Waals surface area contributed by atoms with Gasteiger partial charge in [-0.2, -0.15) is 0 Å². The predicted molar refractivity (Wildman–Crippen MR) is 99.9 cm³/mol. The summed E-state index contributed by atoms with van der Waals surface area (Å²) >= 11 is 0. The Morgan fingerprint density at radius 2 is 2.08 bits per heavy atom. The standard InChI is InChI=1S/C18H17N3O4S/c1-25-15-4-2-10(8-14(15)22)21-18-12(19)9-20-13-3-5-16-11(17(13)18)6-7-26(16,23)24/h2-5,8-9,22H,6-7,19H2,1H3,(H,20,21). The molecule has 3 aromatic rings. The predicted octanol–water partition coefficient (Wildman–Crippen LogP) is 2.60. The molecule has 0 amide bonds. The molecule has 0 spiro atoms. The average molecular weight is 371 g/mol. The van der Waals surface area contributed by atoms with Crippen LogP contribution in [0.1, 0.15) is 5.56 Å². The Hall–Kier alpha value is -3.00. The van der Waals surface area contributed by atoms with E-state index < -0.39 is 9.84 Å². The number of anilines is 3. The molecule has 0 bridgehead atoms. The fourth-order valence-electron chi connectivity index (χ4n) is 3.28. The van der Waals surface area contributed by atoms with E-state index in [4.69, 9.17) is 10.5 Å². The summed E-state index contributed by atoms with van der Waals surface area (Å²) in [6.45, 7) is 0. The van der Waals surface area contributed by atoms with Crippen molar-refractivity contribution < 1.29 is 18.3 Å². The van der Waals surface area contributed by atoms with Crippen LogP contribution in [0.15, 0.2) is 41.4 Å². The summed E-state index contributed by atoms with van der Waals surface area (Å²) in [5.41, 5.74) is 9.08. The molecular weight excluding hydrogens is 354 g/mol. The van der Waals surface area contributed by atoms with Crippen molar-refractivity contribution in [3.05, 3.63) is 42.1 Å². The van der Waals surface area contributed by atoms with Gasteiger partial charge in [-0.15, -0.1) is 0 Å². The van der Waals surface area contributed by atoms with Crippen molar-refractivity contribution in [1.29, 1.82) is 0 Å². The smallest absolute Gasteiger partial charge is 0.179 e. The number of phenols is 1. The monoisotopic (exact) mass is 371 g/mol. The van der Waals surface area contributed by atoms with Crippen LogP contribution in [0.3, 0.4) is 0 Å². The van der Waals surface area contributed by atoms with Crippen molar-refractivity contribution in [3.8, 4) is 11.5 Å². The molecule has 26 heavy (non-hydrogen) atoms. The van der Waals surface area contributed by atoms with Gasteiger partial charge in [0, 0.05) is 17.1 Å². The number of nitrogens with one attached hydrogen (secondary N) is 1. The summed E-state index contributed by atoms with van der Waals surface area (Å²) in [7, 11) is -1.80. The summed E-state index contributed by atoms with van der Waals surface area (Å²) in [5, 5.41) is 13.9. The number of phenolic OH excluding ortho intramolecular Hbond substituents is 1. The number of nitrogens with two attached hydrogens (primary N) is 1. The zero-order valence-electron chi connectivity index (χ0n) is 14.0. The minimum atomic E-state index is -3.27. The topological polar surface area (TPSA) is 115 Å². The Bertz CT molecular complexity index is 1140. The molecule has 0 saturated heterocycles. The molecule has 0 radical (unpaired) electrons. The number of rotatable bonds is 3. The number of benzene rings is 2. The van der Waals surface area contributed by atoms with E-state index in [2.05, 4.69) is 10.3 Å². The van der Waals surface area contributed by atoms with Gasteiger partial charge in [0.2, 0.25) is 0 Å². The molecule has 8 heteroatoms. The lowest BCUT2D eigenvalue weighted by Gasteiger charge is -2.15. The van der Waals surface area contributed by atoms with Crippen LogP contribution in [0.2, 0.25) is 0 Å². The molecule has 1 aliphatic rings. The highest BCUT2D eigenvalue weighted by molar-refractivity contribution is 7.91. The quantitative estimate of drug-likeness (QED) is 0.648. The first kappa shape index (κ1) is 16.5. The number of aryl methyl sites for hydroxylation is 1. The molecule has 1 aliphatic heterocycles. The third-order valence-electron chi connectivity index (χ3n) is 4.53. The SMILES string of the molecule is COc1ccc(Nc2c(N)cnc3ccc4c(c23)CCS4(=O)=O)cc1O. The van der Waals surface area contributed by atoms with E-state index in [1.165, 1.54) is 19.4 Å². The van der Waals surface area contributed by atoms with E-state index in [0.29, 0.717) is 45.0 Å². The summed E-state index contributed by atoms with van der Waals surface area (Å²) in [6, 6.07) is 8.18. The lowest BCUT2D eigenvalue weighted by atomic mass is 10.0. The largest absolute Gasteiger partial charge is 0.504 e. The Kier molecular flexibility index (Phi) is 3.66. The van der Waals surface area contributed by atoms with Crippen LogP contribution < -0.4 is 15.8 Å². The molecule has 0 saturated carbocycles. The van der Waals surface area contributed by atoms with Crippen LogP contribution >= 0.6 is 0 Å². The van der Waals surface area contributed by atoms with Crippen molar-refractivity contribution >= 4 is 37.8 Å². The second-order valence-corrected chi connectivity index (χ2v) is 8.18. The van der Waals surface area contributed by atoms with Crippen LogP contribution in [0.4, 0.5) is 17.1 Å². The average Bonchev–Trinajstić information content (AvgIpc) is 2.92. The van der Waals surface area contributed by atoms with E-state index >= 15 is 0 Å². The molecule has 0 unspecified atom stereocenters. The van der Waals surface area contributed by atoms with Gasteiger partial charge in [-0.25, -0.2) is 8.42 Å². The number of nitrogens with zero attached hydrogens (tertiary/aromatic N) is 1. The molecule has 4 N–H and O–H groups in total. The number of fused-ring (bicyclic) bond motifs is 3. The fraction of sp³-hybridized carbons (Fsp3) is 0.167. The van der Waals surface area contributed by atoms with Crippen LogP contribution in [0, 0.1) is 0 Å². The van der Waals surface area contributed by atoms with E-state index in [9.17, 15) is 13.5 Å². The molecule has 2 aromatic carbocycles. The van der Waals surface area contributed by atoms with Crippen LogP contribution in [0.25, 0.3) is 10.9 Å². The zero-order valence-corrected chi connectivity index (χ0v) is 14.8. The van der Waals surface area contributed by atoms with Crippen molar-refractivity contribution in [2.24, 2.45) is 0 Å². The first-order valence-electron chi connectivity index (χ1n) is 7.97. The zero-order chi connectivity index (χ0) is 18.5. The van der Waals surface area contributed by atoms with Crippen LogP contribution in [-0.2, 0) is 16.3 Å². The van der Waals surface area contributed by atoms with Crippen molar-refractivity contribution in [2.45, 2.75) is 11.3 Å². The molecule has 134 valence electrons. The van der Waals surface area contributed by atoms with Gasteiger partial charge >= 0.3 is 0 Å². The first-order chi connectivity index (χ1) is 12.4. The molecule has 4 rings (SSSR count). The molecule has 2 heterocycles. The highest BCUT2D eigenvalue weighted by Crippen LogP contribution is 2.40. The minimum absolute atomic E-state index is 0.0118. The molecule has 1 aromatic heterocycles. The number of nitrogen functional groups attached to an aromatic ring is 1. The Labute approximate surface area is 150 Å². The van der Waals surface area contributed by atoms with Gasteiger partial charge < -0.3 is 20.9 Å². The van der Waals surface area contributed by atoms with Crippen molar-refractivity contribution in [1.82, 2.24) is 4.98 Å². The number of hydrogen-bond donors (Lipinski definition) is 3. The number of hydrogen-bond acceptors (Lipinski definition) is 7. The summed E-state index contributed by atoms with van der Waals surface area (Å²) in [4.78, 5) is 4.66. The van der Waals surface area contributed by atoms with Crippen molar-refractivity contribution in [2.75, 3.05) is 23.9 Å². The van der Waals surface area contributed by atoms with Gasteiger partial charge in [-0.1, -0.05) is 0 Å². The molecule has 0 aliphatic carbocycles. The van der Waals surface area contributed by atoms with Crippen LogP contribution in [-0.4, -0.2) is 31.4 Å². The number of aromatic nitrogens is 1.